The fraction of sp³-hybridized carbons (Fsp3) is 0.588. The largest absolute Gasteiger partial charge is 0.487 e. The molecule has 4 rings (SSSR count). The van der Waals surface area contributed by atoms with E-state index in [1.165, 1.54) is 19.3 Å². The maximum Gasteiger partial charge on any atom is 0.315 e. The van der Waals surface area contributed by atoms with Crippen LogP contribution in [0.1, 0.15) is 50.1 Å². The molecular weight excluding hydrogens is 264 g/mol. The van der Waals surface area contributed by atoms with Crippen molar-refractivity contribution < 1.29 is 9.53 Å². The van der Waals surface area contributed by atoms with Crippen LogP contribution >= 0.6 is 0 Å². The molecule has 112 valence electrons. The lowest BCUT2D eigenvalue weighted by atomic mass is 9.73. The number of benzene rings is 1. The van der Waals surface area contributed by atoms with Gasteiger partial charge in [0, 0.05) is 18.5 Å². The number of nitrogens with one attached hydrogen (secondary N) is 2. The predicted molar refractivity (Wildman–Crippen MR) is 80.3 cm³/mol. The molecule has 0 bridgehead atoms. The molecule has 1 spiro atoms. The second kappa shape index (κ2) is 4.93. The van der Waals surface area contributed by atoms with Crippen LogP contribution in [0.5, 0.6) is 5.75 Å². The van der Waals surface area contributed by atoms with Gasteiger partial charge in [-0.05, 0) is 44.1 Å². The third-order valence-corrected chi connectivity index (χ3v) is 5.02. The van der Waals surface area contributed by atoms with E-state index in [-0.39, 0.29) is 17.7 Å². The summed E-state index contributed by atoms with van der Waals surface area (Å²) in [5.74, 6) is 1.65. The average molecular weight is 286 g/mol. The van der Waals surface area contributed by atoms with Gasteiger partial charge in [-0.2, -0.15) is 0 Å². The molecule has 2 N–H and O–H groups in total. The quantitative estimate of drug-likeness (QED) is 0.897. The summed E-state index contributed by atoms with van der Waals surface area (Å²) in [6.45, 7) is 0.807. The van der Waals surface area contributed by atoms with Gasteiger partial charge in [-0.1, -0.05) is 18.2 Å². The summed E-state index contributed by atoms with van der Waals surface area (Å²) in [4.78, 5) is 12.1. The van der Waals surface area contributed by atoms with Crippen molar-refractivity contribution in [3.05, 3.63) is 29.8 Å². The molecule has 21 heavy (non-hydrogen) atoms. The third kappa shape index (κ3) is 2.59. The second-order valence-corrected chi connectivity index (χ2v) is 6.73. The van der Waals surface area contributed by atoms with Crippen LogP contribution in [0.2, 0.25) is 0 Å². The van der Waals surface area contributed by atoms with E-state index in [1.807, 2.05) is 18.2 Å². The molecule has 4 nitrogen and oxygen atoms in total. The Morgan fingerprint density at radius 3 is 2.81 bits per heavy atom. The standard InChI is InChI=1S/C17H22N2O2/c20-16(18-11-12-6-7-12)19-14-10-17(8-3-9-17)21-15-5-2-1-4-13(14)15/h1-2,4-5,12,14H,3,6-11H2,(H2,18,19,20). The first-order chi connectivity index (χ1) is 10.2. The molecule has 2 amide bonds. The van der Waals surface area contributed by atoms with Gasteiger partial charge in [0.2, 0.25) is 0 Å². The van der Waals surface area contributed by atoms with Gasteiger partial charge in [0.15, 0.2) is 0 Å². The summed E-state index contributed by atoms with van der Waals surface area (Å²) in [6.07, 6.45) is 6.82. The van der Waals surface area contributed by atoms with Gasteiger partial charge in [-0.15, -0.1) is 0 Å². The number of rotatable bonds is 3. The van der Waals surface area contributed by atoms with Crippen LogP contribution in [0, 0.1) is 5.92 Å². The first kappa shape index (κ1) is 13.0. The molecule has 2 saturated carbocycles. The van der Waals surface area contributed by atoms with Crippen molar-refractivity contribution in [1.82, 2.24) is 10.6 Å². The average Bonchev–Trinajstić information content (AvgIpc) is 3.27. The van der Waals surface area contributed by atoms with Crippen LogP contribution in [0.25, 0.3) is 0 Å². The van der Waals surface area contributed by atoms with Crippen LogP contribution in [0.15, 0.2) is 24.3 Å². The SMILES string of the molecule is O=C(NCC1CC1)NC1CC2(CCC2)Oc2ccccc21. The van der Waals surface area contributed by atoms with E-state index >= 15 is 0 Å². The van der Waals surface area contributed by atoms with Gasteiger partial charge >= 0.3 is 6.03 Å². The lowest BCUT2D eigenvalue weighted by molar-refractivity contribution is -0.0355. The van der Waals surface area contributed by atoms with E-state index < -0.39 is 0 Å². The van der Waals surface area contributed by atoms with E-state index in [4.69, 9.17) is 4.74 Å². The first-order valence-corrected chi connectivity index (χ1v) is 8.06. The number of amides is 2. The minimum Gasteiger partial charge on any atom is -0.487 e. The molecule has 2 aliphatic carbocycles. The number of fused-ring (bicyclic) bond motifs is 1. The highest BCUT2D eigenvalue weighted by molar-refractivity contribution is 5.74. The van der Waals surface area contributed by atoms with Crippen LogP contribution in [-0.2, 0) is 0 Å². The Morgan fingerprint density at radius 1 is 1.29 bits per heavy atom. The Bertz CT molecular complexity index is 549. The van der Waals surface area contributed by atoms with Crippen LogP contribution < -0.4 is 15.4 Å². The van der Waals surface area contributed by atoms with E-state index in [0.29, 0.717) is 5.92 Å². The molecule has 0 aromatic heterocycles. The van der Waals surface area contributed by atoms with Gasteiger partial charge in [0.05, 0.1) is 6.04 Å². The first-order valence-electron chi connectivity index (χ1n) is 8.06. The Kier molecular flexibility index (Phi) is 3.05. The number of ether oxygens (including phenoxy) is 1. The van der Waals surface area contributed by atoms with Crippen molar-refractivity contribution in [3.63, 3.8) is 0 Å². The van der Waals surface area contributed by atoms with Crippen molar-refractivity contribution in [2.24, 2.45) is 5.92 Å². The molecule has 1 aromatic rings. The zero-order valence-corrected chi connectivity index (χ0v) is 12.2. The Morgan fingerprint density at radius 2 is 2.10 bits per heavy atom. The molecular formula is C17H22N2O2. The molecule has 0 radical (unpaired) electrons. The fourth-order valence-electron chi connectivity index (χ4n) is 3.39. The number of hydrogen-bond donors (Lipinski definition) is 2. The van der Waals surface area contributed by atoms with Crippen LogP contribution in [-0.4, -0.2) is 18.2 Å². The predicted octanol–water partition coefficient (Wildman–Crippen LogP) is 3.14. The fourth-order valence-corrected chi connectivity index (χ4v) is 3.39. The molecule has 1 atom stereocenters. The lowest BCUT2D eigenvalue weighted by Gasteiger charge is -2.48. The molecule has 4 heteroatoms. The van der Waals surface area contributed by atoms with Gasteiger partial charge in [0.25, 0.3) is 0 Å². The van der Waals surface area contributed by atoms with E-state index in [9.17, 15) is 4.79 Å². The van der Waals surface area contributed by atoms with Crippen molar-refractivity contribution in [2.45, 2.75) is 50.2 Å². The minimum atomic E-state index is -0.0434. The Hall–Kier alpha value is -1.71. The zero-order valence-electron chi connectivity index (χ0n) is 12.2. The summed E-state index contributed by atoms with van der Waals surface area (Å²) >= 11 is 0. The molecule has 0 saturated heterocycles. The van der Waals surface area contributed by atoms with Crippen molar-refractivity contribution in [1.29, 1.82) is 0 Å². The number of carbonyl (C=O) groups is 1. The summed E-state index contributed by atoms with van der Waals surface area (Å²) in [5, 5.41) is 6.15. The van der Waals surface area contributed by atoms with Crippen LogP contribution in [0.4, 0.5) is 4.79 Å². The van der Waals surface area contributed by atoms with Crippen molar-refractivity contribution in [2.75, 3.05) is 6.54 Å². The highest BCUT2D eigenvalue weighted by Gasteiger charge is 2.45. The minimum absolute atomic E-state index is 0.0389. The maximum atomic E-state index is 12.1. The highest BCUT2D eigenvalue weighted by Crippen LogP contribution is 2.48. The molecule has 3 aliphatic rings. The molecule has 1 unspecified atom stereocenters. The molecule has 2 fully saturated rings. The Labute approximate surface area is 125 Å². The van der Waals surface area contributed by atoms with Crippen LogP contribution in [0.3, 0.4) is 0 Å². The number of hydrogen-bond acceptors (Lipinski definition) is 2. The summed E-state index contributed by atoms with van der Waals surface area (Å²) < 4.78 is 6.20. The normalized spacial score (nSPS) is 25.4. The third-order valence-electron chi connectivity index (χ3n) is 5.02. The second-order valence-electron chi connectivity index (χ2n) is 6.73. The van der Waals surface area contributed by atoms with E-state index in [1.54, 1.807) is 0 Å². The number of para-hydroxylation sites is 1. The van der Waals surface area contributed by atoms with Gasteiger partial charge in [-0.3, -0.25) is 0 Å². The van der Waals surface area contributed by atoms with E-state index in [0.717, 1.165) is 37.1 Å². The van der Waals surface area contributed by atoms with Gasteiger partial charge < -0.3 is 15.4 Å². The van der Waals surface area contributed by atoms with Crippen molar-refractivity contribution in [3.8, 4) is 5.75 Å². The maximum absolute atomic E-state index is 12.1. The highest BCUT2D eigenvalue weighted by atomic mass is 16.5. The monoisotopic (exact) mass is 286 g/mol. The molecule has 1 aliphatic heterocycles. The summed E-state index contributed by atoms with van der Waals surface area (Å²) in [7, 11) is 0. The summed E-state index contributed by atoms with van der Waals surface area (Å²) in [5.41, 5.74) is 1.07. The number of carbonyl (C=O) groups excluding carboxylic acids is 1. The Balaban J connectivity index is 1.48. The van der Waals surface area contributed by atoms with Crippen molar-refractivity contribution >= 4 is 6.03 Å². The van der Waals surface area contributed by atoms with Gasteiger partial charge in [-0.25, -0.2) is 4.79 Å². The number of urea groups is 1. The summed E-state index contributed by atoms with van der Waals surface area (Å²) in [6, 6.07) is 8.11. The lowest BCUT2D eigenvalue weighted by Crippen LogP contribution is -2.51. The van der Waals surface area contributed by atoms with E-state index in [2.05, 4.69) is 16.7 Å². The molecule has 1 heterocycles. The smallest absolute Gasteiger partial charge is 0.315 e. The van der Waals surface area contributed by atoms with Gasteiger partial charge in [0.1, 0.15) is 11.4 Å². The topological polar surface area (TPSA) is 50.4 Å². The molecule has 1 aromatic carbocycles. The zero-order chi connectivity index (χ0) is 14.3.